The molecular formula is C26H33ClN6O3. The zero-order valence-electron chi connectivity index (χ0n) is 21.2. The maximum Gasteiger partial charge on any atom is 0.293 e. The number of anilines is 3. The Kier molecular flexibility index (Phi) is 7.98. The van der Waals surface area contributed by atoms with Gasteiger partial charge in [0.1, 0.15) is 5.02 Å². The lowest BCUT2D eigenvalue weighted by atomic mass is 9.92. The Morgan fingerprint density at radius 2 is 1.97 bits per heavy atom. The molecule has 1 saturated heterocycles. The SMILES string of the molecule is CCCn1c(=O)c(OCC(=O)NC)cc2cc(Nc3nc(N4C[C@H](C)C[C@H](C)C4)ncc3Cl)ccc21. The number of nitrogens with zero attached hydrogens (tertiary/aromatic N) is 4. The number of fused-ring (bicyclic) bond motifs is 1. The quantitative estimate of drug-likeness (QED) is 0.466. The average Bonchev–Trinajstić information content (AvgIpc) is 2.85. The average molecular weight is 513 g/mol. The number of amides is 1. The summed E-state index contributed by atoms with van der Waals surface area (Å²) in [6.07, 6.45) is 3.60. The minimum Gasteiger partial charge on any atom is -0.478 e. The summed E-state index contributed by atoms with van der Waals surface area (Å²) in [7, 11) is 1.52. The highest BCUT2D eigenvalue weighted by atomic mass is 35.5. The summed E-state index contributed by atoms with van der Waals surface area (Å²) in [6, 6.07) is 7.36. The van der Waals surface area contributed by atoms with Crippen molar-refractivity contribution >= 4 is 45.9 Å². The molecule has 2 N–H and O–H groups in total. The van der Waals surface area contributed by atoms with E-state index in [0.717, 1.165) is 36.1 Å². The first-order chi connectivity index (χ1) is 17.3. The second-order valence-electron chi connectivity index (χ2n) is 9.54. The summed E-state index contributed by atoms with van der Waals surface area (Å²) in [5, 5.41) is 7.02. The van der Waals surface area contributed by atoms with Gasteiger partial charge in [-0.2, -0.15) is 4.98 Å². The zero-order chi connectivity index (χ0) is 25.8. The van der Waals surface area contributed by atoms with Crippen LogP contribution in [0.15, 0.2) is 35.3 Å². The van der Waals surface area contributed by atoms with Crippen molar-refractivity contribution in [1.29, 1.82) is 0 Å². The fourth-order valence-electron chi connectivity index (χ4n) is 4.76. The number of hydrogen-bond donors (Lipinski definition) is 2. The molecule has 2 atom stereocenters. The largest absolute Gasteiger partial charge is 0.478 e. The Balaban J connectivity index is 1.66. The molecule has 1 aliphatic rings. The van der Waals surface area contributed by atoms with E-state index in [4.69, 9.17) is 21.3 Å². The summed E-state index contributed by atoms with van der Waals surface area (Å²) in [4.78, 5) is 36.0. The highest BCUT2D eigenvalue weighted by Gasteiger charge is 2.24. The highest BCUT2D eigenvalue weighted by Crippen LogP contribution is 2.30. The Bertz CT molecular complexity index is 1300. The number of piperidine rings is 1. The minimum absolute atomic E-state index is 0.132. The van der Waals surface area contributed by atoms with Gasteiger partial charge in [0.15, 0.2) is 18.2 Å². The molecule has 1 aromatic carbocycles. The van der Waals surface area contributed by atoms with Gasteiger partial charge in [-0.1, -0.05) is 32.4 Å². The number of rotatable bonds is 8. The molecule has 4 rings (SSSR count). The van der Waals surface area contributed by atoms with Gasteiger partial charge in [-0.15, -0.1) is 0 Å². The van der Waals surface area contributed by atoms with Crippen molar-refractivity contribution in [1.82, 2.24) is 19.9 Å². The van der Waals surface area contributed by atoms with Crippen LogP contribution in [0.1, 0.15) is 33.6 Å². The third-order valence-electron chi connectivity index (χ3n) is 6.29. The second-order valence-corrected chi connectivity index (χ2v) is 9.95. The molecule has 2 aromatic heterocycles. The number of likely N-dealkylation sites (N-methyl/N-ethyl adjacent to an activating group) is 1. The number of aromatic nitrogens is 3. The number of carbonyl (C=O) groups excluding carboxylic acids is 1. The van der Waals surface area contributed by atoms with Gasteiger partial charge in [-0.05, 0) is 48.9 Å². The van der Waals surface area contributed by atoms with E-state index in [-0.39, 0.29) is 23.8 Å². The number of benzene rings is 1. The van der Waals surface area contributed by atoms with Crippen LogP contribution in [0.4, 0.5) is 17.5 Å². The Morgan fingerprint density at radius 3 is 2.67 bits per heavy atom. The van der Waals surface area contributed by atoms with Crippen LogP contribution in [-0.2, 0) is 11.3 Å². The molecule has 0 bridgehead atoms. The molecule has 3 heterocycles. The smallest absolute Gasteiger partial charge is 0.293 e. The first kappa shape index (κ1) is 25.8. The standard InChI is InChI=1S/C26H33ClN6O3/c1-5-8-33-21-7-6-19(10-18(21)11-22(25(33)35)36-15-23(34)28-4)30-24-20(27)12-29-26(31-24)32-13-16(2)9-17(3)14-32/h6-7,10-12,16-17H,5,8-9,13-15H2,1-4H3,(H,28,34)(H,29,30,31)/t16-,17+. The Morgan fingerprint density at radius 1 is 1.22 bits per heavy atom. The van der Waals surface area contributed by atoms with Gasteiger partial charge in [0, 0.05) is 37.8 Å². The van der Waals surface area contributed by atoms with Gasteiger partial charge < -0.3 is 24.8 Å². The molecule has 10 heteroatoms. The van der Waals surface area contributed by atoms with Crippen LogP contribution in [0.3, 0.4) is 0 Å². The van der Waals surface area contributed by atoms with Crippen molar-refractivity contribution in [2.24, 2.45) is 11.8 Å². The number of ether oxygens (including phenoxy) is 1. The highest BCUT2D eigenvalue weighted by molar-refractivity contribution is 6.32. The first-order valence-corrected chi connectivity index (χ1v) is 12.7. The van der Waals surface area contributed by atoms with Gasteiger partial charge in [-0.3, -0.25) is 9.59 Å². The van der Waals surface area contributed by atoms with Crippen LogP contribution >= 0.6 is 11.6 Å². The van der Waals surface area contributed by atoms with E-state index in [1.54, 1.807) is 16.8 Å². The lowest BCUT2D eigenvalue weighted by molar-refractivity contribution is -0.122. The predicted molar refractivity (Wildman–Crippen MR) is 144 cm³/mol. The van der Waals surface area contributed by atoms with Crippen LogP contribution in [0, 0.1) is 11.8 Å². The van der Waals surface area contributed by atoms with Crippen molar-refractivity contribution in [2.75, 3.05) is 37.0 Å². The van der Waals surface area contributed by atoms with E-state index in [1.807, 2.05) is 25.1 Å². The van der Waals surface area contributed by atoms with E-state index in [2.05, 4.69) is 34.4 Å². The van der Waals surface area contributed by atoms with Crippen molar-refractivity contribution in [3.63, 3.8) is 0 Å². The molecule has 0 unspecified atom stereocenters. The van der Waals surface area contributed by atoms with Crippen molar-refractivity contribution in [3.8, 4) is 5.75 Å². The Hall–Kier alpha value is -3.33. The predicted octanol–water partition coefficient (Wildman–Crippen LogP) is 4.21. The van der Waals surface area contributed by atoms with E-state index in [1.165, 1.54) is 13.5 Å². The number of carbonyl (C=O) groups is 1. The molecule has 9 nitrogen and oxygen atoms in total. The molecule has 0 aliphatic carbocycles. The molecular weight excluding hydrogens is 480 g/mol. The number of nitrogens with one attached hydrogen (secondary N) is 2. The zero-order valence-corrected chi connectivity index (χ0v) is 21.9. The van der Waals surface area contributed by atoms with Crippen LogP contribution in [-0.4, -0.2) is 47.2 Å². The maximum absolute atomic E-state index is 13.0. The van der Waals surface area contributed by atoms with Crippen molar-refractivity contribution in [3.05, 3.63) is 45.8 Å². The van der Waals surface area contributed by atoms with Crippen LogP contribution < -0.4 is 25.8 Å². The van der Waals surface area contributed by atoms with E-state index >= 15 is 0 Å². The third-order valence-corrected chi connectivity index (χ3v) is 6.57. The fourth-order valence-corrected chi connectivity index (χ4v) is 4.90. The summed E-state index contributed by atoms with van der Waals surface area (Å²) < 4.78 is 7.22. The van der Waals surface area contributed by atoms with E-state index in [0.29, 0.717) is 35.2 Å². The van der Waals surface area contributed by atoms with Crippen LogP contribution in [0.5, 0.6) is 5.75 Å². The lowest BCUT2D eigenvalue weighted by Gasteiger charge is -2.35. The fraction of sp³-hybridized carbons (Fsp3) is 0.462. The van der Waals surface area contributed by atoms with E-state index in [9.17, 15) is 9.59 Å². The maximum atomic E-state index is 13.0. The normalized spacial score (nSPS) is 17.8. The van der Waals surface area contributed by atoms with Gasteiger partial charge in [0.05, 0.1) is 11.7 Å². The first-order valence-electron chi connectivity index (χ1n) is 12.3. The molecule has 192 valence electrons. The Labute approximate surface area is 215 Å². The lowest BCUT2D eigenvalue weighted by Crippen LogP contribution is -2.39. The molecule has 0 radical (unpaired) electrons. The van der Waals surface area contributed by atoms with Gasteiger partial charge in [0.2, 0.25) is 5.95 Å². The molecule has 0 spiro atoms. The molecule has 36 heavy (non-hydrogen) atoms. The molecule has 1 fully saturated rings. The summed E-state index contributed by atoms with van der Waals surface area (Å²) in [5.41, 5.74) is 1.28. The number of hydrogen-bond acceptors (Lipinski definition) is 7. The molecule has 3 aromatic rings. The van der Waals surface area contributed by atoms with Crippen LogP contribution in [0.25, 0.3) is 10.9 Å². The van der Waals surface area contributed by atoms with Gasteiger partial charge >= 0.3 is 0 Å². The molecule has 1 amide bonds. The molecule has 0 saturated carbocycles. The monoisotopic (exact) mass is 512 g/mol. The van der Waals surface area contributed by atoms with Gasteiger partial charge in [-0.25, -0.2) is 4.98 Å². The van der Waals surface area contributed by atoms with E-state index < -0.39 is 0 Å². The number of halogens is 1. The topological polar surface area (TPSA) is 101 Å². The third kappa shape index (κ3) is 5.73. The van der Waals surface area contributed by atoms with Crippen LogP contribution in [0.2, 0.25) is 5.02 Å². The number of pyridine rings is 1. The van der Waals surface area contributed by atoms with Crippen molar-refractivity contribution < 1.29 is 9.53 Å². The summed E-state index contributed by atoms with van der Waals surface area (Å²) in [5.74, 6) is 2.15. The second kappa shape index (κ2) is 11.2. The van der Waals surface area contributed by atoms with Crippen molar-refractivity contribution in [2.45, 2.75) is 40.2 Å². The molecule has 1 aliphatic heterocycles. The van der Waals surface area contributed by atoms with Gasteiger partial charge in [0.25, 0.3) is 11.5 Å². The number of aryl methyl sites for hydroxylation is 1. The summed E-state index contributed by atoms with van der Waals surface area (Å²) in [6.45, 7) is 8.63. The summed E-state index contributed by atoms with van der Waals surface area (Å²) >= 11 is 6.45. The minimum atomic E-state index is -0.307.